The Morgan fingerprint density at radius 1 is 0.850 bits per heavy atom. The van der Waals surface area contributed by atoms with Gasteiger partial charge in [-0.3, -0.25) is 14.0 Å². The molecule has 0 aliphatic carbocycles. The zero-order valence-electron chi connectivity index (χ0n) is 12.8. The van der Waals surface area contributed by atoms with E-state index in [0.717, 1.165) is 22.1 Å². The fourth-order valence-electron chi connectivity index (χ4n) is 1.30. The molecule has 0 atom stereocenters. The van der Waals surface area contributed by atoms with Crippen LogP contribution < -0.4 is 10.3 Å². The molecule has 0 aliphatic rings. The van der Waals surface area contributed by atoms with Gasteiger partial charge in [-0.05, 0) is 16.9 Å². The van der Waals surface area contributed by atoms with E-state index in [9.17, 15) is 9.59 Å². The monoisotopic (exact) mass is 314 g/mol. The number of hydrogen-bond acceptors (Lipinski definition) is 4. The van der Waals surface area contributed by atoms with Gasteiger partial charge in [0, 0.05) is 28.1 Å². The lowest BCUT2D eigenvalue weighted by atomic mass is 9.93. The molecule has 0 amide bonds. The first-order chi connectivity index (χ1) is 9.00. The van der Waals surface area contributed by atoms with Crippen molar-refractivity contribution >= 4 is 23.1 Å². The van der Waals surface area contributed by atoms with Crippen LogP contribution in [0.3, 0.4) is 0 Å². The molecule has 0 aliphatic heterocycles. The second-order valence-electron chi connectivity index (χ2n) is 6.66. The average Bonchev–Trinajstić information content (AvgIpc) is 2.85. The summed E-state index contributed by atoms with van der Waals surface area (Å²) in [6, 6.07) is 3.31. The molecule has 0 saturated carbocycles. The van der Waals surface area contributed by atoms with E-state index in [1.54, 1.807) is 12.1 Å². The van der Waals surface area contributed by atoms with Gasteiger partial charge in [-0.2, -0.15) is 0 Å². The lowest BCUT2D eigenvalue weighted by Gasteiger charge is -2.14. The van der Waals surface area contributed by atoms with Crippen molar-refractivity contribution in [2.75, 3.05) is 0 Å². The highest BCUT2D eigenvalue weighted by atomic mass is 32.1. The standard InChI is InChI=1S/2C7H11NOS/c1-7(2,3)5-4-6(9)8-10-5;1-7(2,3)5-4-6(9)10-8-5/h4H,1-3H3,(H,8,9);4,8H,1-3H3. The van der Waals surface area contributed by atoms with E-state index in [2.05, 4.69) is 50.3 Å². The Morgan fingerprint density at radius 2 is 1.45 bits per heavy atom. The Kier molecular flexibility index (Phi) is 5.15. The highest BCUT2D eigenvalue weighted by molar-refractivity contribution is 7.05. The van der Waals surface area contributed by atoms with Crippen molar-refractivity contribution in [1.29, 1.82) is 0 Å². The van der Waals surface area contributed by atoms with Crippen molar-refractivity contribution in [3.05, 3.63) is 42.6 Å². The third-order valence-electron chi connectivity index (χ3n) is 2.59. The fraction of sp³-hybridized carbons (Fsp3) is 0.571. The Bertz CT molecular complexity index is 589. The predicted molar refractivity (Wildman–Crippen MR) is 87.3 cm³/mol. The van der Waals surface area contributed by atoms with Crippen LogP contribution in [0, 0.1) is 0 Å². The smallest absolute Gasteiger partial charge is 0.258 e. The number of H-pyrrole nitrogens is 2. The molecule has 0 bridgehead atoms. The van der Waals surface area contributed by atoms with E-state index in [1.807, 2.05) is 0 Å². The van der Waals surface area contributed by atoms with Crippen LogP contribution in [0.1, 0.15) is 52.1 Å². The molecule has 112 valence electrons. The molecule has 6 heteroatoms. The molecular weight excluding hydrogens is 292 g/mol. The van der Waals surface area contributed by atoms with E-state index >= 15 is 0 Å². The number of rotatable bonds is 0. The lowest BCUT2D eigenvalue weighted by molar-refractivity contribution is 0.575. The molecule has 2 N–H and O–H groups in total. The van der Waals surface area contributed by atoms with Gasteiger partial charge in [0.15, 0.2) is 0 Å². The average molecular weight is 314 g/mol. The Labute approximate surface area is 127 Å². The quantitative estimate of drug-likeness (QED) is 0.782. The van der Waals surface area contributed by atoms with Gasteiger partial charge < -0.3 is 4.37 Å². The molecule has 2 heterocycles. The topological polar surface area (TPSA) is 65.7 Å². The maximum atomic E-state index is 10.7. The van der Waals surface area contributed by atoms with Crippen LogP contribution in [0.4, 0.5) is 0 Å². The van der Waals surface area contributed by atoms with Crippen molar-refractivity contribution in [3.8, 4) is 0 Å². The van der Waals surface area contributed by atoms with Crippen molar-refractivity contribution in [2.45, 2.75) is 52.4 Å². The van der Waals surface area contributed by atoms with Crippen molar-refractivity contribution < 1.29 is 0 Å². The van der Waals surface area contributed by atoms with Crippen LogP contribution in [0.2, 0.25) is 0 Å². The second-order valence-corrected chi connectivity index (χ2v) is 8.32. The minimum absolute atomic E-state index is 0.00919. The normalized spacial score (nSPS) is 11.9. The van der Waals surface area contributed by atoms with E-state index in [0.29, 0.717) is 0 Å². The molecule has 0 fully saturated rings. The summed E-state index contributed by atoms with van der Waals surface area (Å²) in [6.07, 6.45) is 0. The number of aromatic amines is 2. The van der Waals surface area contributed by atoms with E-state index in [1.165, 1.54) is 11.5 Å². The van der Waals surface area contributed by atoms with Crippen molar-refractivity contribution in [1.82, 2.24) is 8.75 Å². The van der Waals surface area contributed by atoms with Gasteiger partial charge in [0.05, 0.1) is 0 Å². The largest absolute Gasteiger partial charge is 0.311 e. The van der Waals surface area contributed by atoms with E-state index in [-0.39, 0.29) is 21.1 Å². The molecule has 4 nitrogen and oxygen atoms in total. The maximum Gasteiger partial charge on any atom is 0.258 e. The minimum Gasteiger partial charge on any atom is -0.311 e. The molecule has 0 aromatic carbocycles. The summed E-state index contributed by atoms with van der Waals surface area (Å²) >= 11 is 2.57. The molecule has 2 rings (SSSR count). The van der Waals surface area contributed by atoms with Gasteiger partial charge in [-0.1, -0.05) is 53.1 Å². The molecule has 0 unspecified atom stereocenters. The third kappa shape index (κ3) is 5.09. The van der Waals surface area contributed by atoms with Gasteiger partial charge >= 0.3 is 0 Å². The summed E-state index contributed by atoms with van der Waals surface area (Å²) in [4.78, 5) is 22.5. The Balaban J connectivity index is 0.000000200. The Hall–Kier alpha value is -1.14. The molecular formula is C14H22N2O2S2. The SMILES string of the molecule is CC(C)(C)c1cc(=O)[nH]s1.CC(C)(C)c1cc(=O)s[nH]1. The molecule has 0 radical (unpaired) electrons. The molecule has 2 aromatic rings. The predicted octanol–water partition coefficient (Wildman–Crippen LogP) is 3.47. The van der Waals surface area contributed by atoms with Crippen LogP contribution in [0.5, 0.6) is 0 Å². The van der Waals surface area contributed by atoms with Gasteiger partial charge in [-0.15, -0.1) is 0 Å². The van der Waals surface area contributed by atoms with E-state index < -0.39 is 0 Å². The molecule has 20 heavy (non-hydrogen) atoms. The van der Waals surface area contributed by atoms with Gasteiger partial charge in [0.1, 0.15) is 0 Å². The van der Waals surface area contributed by atoms with Crippen LogP contribution in [-0.2, 0) is 10.8 Å². The lowest BCUT2D eigenvalue weighted by Crippen LogP contribution is -2.11. The first-order valence-corrected chi connectivity index (χ1v) is 8.01. The third-order valence-corrected chi connectivity index (χ3v) is 4.49. The Morgan fingerprint density at radius 3 is 1.65 bits per heavy atom. The summed E-state index contributed by atoms with van der Waals surface area (Å²) in [5.74, 6) is 0. The van der Waals surface area contributed by atoms with Gasteiger partial charge in [0.25, 0.3) is 5.56 Å². The first-order valence-electron chi connectivity index (χ1n) is 6.38. The van der Waals surface area contributed by atoms with Gasteiger partial charge in [0.2, 0.25) is 4.74 Å². The summed E-state index contributed by atoms with van der Waals surface area (Å²) in [5.41, 5.74) is 1.20. The molecule has 0 saturated heterocycles. The summed E-state index contributed by atoms with van der Waals surface area (Å²) in [7, 11) is 0. The first kappa shape index (κ1) is 16.9. The van der Waals surface area contributed by atoms with E-state index in [4.69, 9.17) is 0 Å². The zero-order chi connectivity index (χ0) is 15.6. The highest BCUT2D eigenvalue weighted by Gasteiger charge is 2.16. The van der Waals surface area contributed by atoms with Crippen LogP contribution in [0.25, 0.3) is 0 Å². The number of nitrogens with one attached hydrogen (secondary N) is 2. The summed E-state index contributed by atoms with van der Waals surface area (Å²) in [6.45, 7) is 12.5. The molecule has 2 aromatic heterocycles. The van der Waals surface area contributed by atoms with Crippen LogP contribution in [-0.4, -0.2) is 8.75 Å². The fourth-order valence-corrected chi connectivity index (χ4v) is 2.80. The van der Waals surface area contributed by atoms with Gasteiger partial charge in [-0.25, -0.2) is 0 Å². The number of aromatic nitrogens is 2. The maximum absolute atomic E-state index is 10.7. The number of hydrogen-bond donors (Lipinski definition) is 2. The molecule has 0 spiro atoms. The summed E-state index contributed by atoms with van der Waals surface area (Å²) in [5, 5.41) is 0. The zero-order valence-corrected chi connectivity index (χ0v) is 14.4. The highest BCUT2D eigenvalue weighted by Crippen LogP contribution is 2.22. The van der Waals surface area contributed by atoms with Crippen LogP contribution >= 0.6 is 23.1 Å². The van der Waals surface area contributed by atoms with Crippen molar-refractivity contribution in [2.24, 2.45) is 0 Å². The van der Waals surface area contributed by atoms with Crippen molar-refractivity contribution in [3.63, 3.8) is 0 Å². The van der Waals surface area contributed by atoms with Crippen LogP contribution in [0.15, 0.2) is 21.7 Å². The minimum atomic E-state index is 0.00919. The summed E-state index contributed by atoms with van der Waals surface area (Å²) < 4.78 is 5.74. The second kappa shape index (κ2) is 6.10.